The van der Waals surface area contributed by atoms with Gasteiger partial charge in [-0.3, -0.25) is 24.3 Å². The number of rotatable bonds is 7. The topological polar surface area (TPSA) is 108 Å². The maximum absolute atomic E-state index is 12.4. The first kappa shape index (κ1) is 19.8. The highest BCUT2D eigenvalue weighted by molar-refractivity contribution is 6.35. The first-order valence-electron chi connectivity index (χ1n) is 8.27. The van der Waals surface area contributed by atoms with Crippen LogP contribution in [0.4, 0.5) is 11.5 Å². The molecule has 1 unspecified atom stereocenters. The fraction of sp³-hybridized carbons (Fsp3) is 0.235. The Balaban J connectivity index is 1.60. The maximum Gasteiger partial charge on any atom is 0.306 e. The molecule has 146 valence electrons. The Morgan fingerprint density at radius 3 is 2.64 bits per heavy atom. The number of aromatic nitrogens is 4. The van der Waals surface area contributed by atoms with Crippen molar-refractivity contribution in [3.05, 3.63) is 68.6 Å². The quantitative estimate of drug-likeness (QED) is 0.461. The van der Waals surface area contributed by atoms with E-state index in [1.54, 1.807) is 42.1 Å². The van der Waals surface area contributed by atoms with Gasteiger partial charge in [0.2, 0.25) is 5.91 Å². The number of nitrogens with one attached hydrogen (secondary N) is 1. The van der Waals surface area contributed by atoms with Crippen molar-refractivity contribution < 1.29 is 9.72 Å². The Morgan fingerprint density at radius 1 is 1.29 bits per heavy atom. The number of hydrogen-bond donors (Lipinski definition) is 1. The van der Waals surface area contributed by atoms with Crippen LogP contribution in [-0.2, 0) is 17.9 Å². The molecule has 1 amide bonds. The first-order chi connectivity index (χ1) is 13.3. The normalized spacial score (nSPS) is 12.0. The number of nitro groups is 1. The molecule has 0 aliphatic rings. The molecule has 0 bridgehead atoms. The third-order valence-corrected chi connectivity index (χ3v) is 4.72. The zero-order chi connectivity index (χ0) is 20.3. The average Bonchev–Trinajstić information content (AvgIpc) is 3.28. The predicted molar refractivity (Wildman–Crippen MR) is 104 cm³/mol. The van der Waals surface area contributed by atoms with Crippen molar-refractivity contribution in [2.45, 2.75) is 20.0 Å². The van der Waals surface area contributed by atoms with E-state index in [4.69, 9.17) is 23.2 Å². The Hall–Kier alpha value is -2.91. The molecule has 9 nitrogen and oxygen atoms in total. The molecular weight excluding hydrogens is 407 g/mol. The SMILES string of the molecule is CC(Cn1cc([N+](=O)[O-])cn1)C(=O)Nc1ccn(Cc2c(Cl)cccc2Cl)n1. The largest absolute Gasteiger partial charge is 0.309 e. The molecule has 2 aromatic heterocycles. The van der Waals surface area contributed by atoms with Crippen molar-refractivity contribution in [1.82, 2.24) is 19.6 Å². The molecule has 0 fully saturated rings. The van der Waals surface area contributed by atoms with Gasteiger partial charge < -0.3 is 5.32 Å². The number of halogens is 2. The lowest BCUT2D eigenvalue weighted by Gasteiger charge is -2.10. The molecule has 0 saturated heterocycles. The lowest BCUT2D eigenvalue weighted by Crippen LogP contribution is -2.25. The van der Waals surface area contributed by atoms with Crippen LogP contribution in [0.3, 0.4) is 0 Å². The van der Waals surface area contributed by atoms with Gasteiger partial charge in [0.05, 0.1) is 23.9 Å². The summed E-state index contributed by atoms with van der Waals surface area (Å²) in [7, 11) is 0. The van der Waals surface area contributed by atoms with Crippen LogP contribution in [0.1, 0.15) is 12.5 Å². The zero-order valence-corrected chi connectivity index (χ0v) is 16.3. The van der Waals surface area contributed by atoms with Crippen LogP contribution in [0.5, 0.6) is 0 Å². The summed E-state index contributed by atoms with van der Waals surface area (Å²) in [5.74, 6) is -0.367. The molecule has 0 aliphatic carbocycles. The number of hydrogen-bond acceptors (Lipinski definition) is 5. The summed E-state index contributed by atoms with van der Waals surface area (Å²) in [4.78, 5) is 22.5. The summed E-state index contributed by atoms with van der Waals surface area (Å²) >= 11 is 12.3. The smallest absolute Gasteiger partial charge is 0.306 e. The predicted octanol–water partition coefficient (Wildman–Crippen LogP) is 3.62. The van der Waals surface area contributed by atoms with Gasteiger partial charge in [-0.25, -0.2) is 0 Å². The van der Waals surface area contributed by atoms with Gasteiger partial charge in [0.25, 0.3) is 0 Å². The minimum atomic E-state index is -0.536. The molecule has 1 aromatic carbocycles. The van der Waals surface area contributed by atoms with Crippen molar-refractivity contribution in [2.75, 3.05) is 5.32 Å². The fourth-order valence-electron chi connectivity index (χ4n) is 2.52. The highest BCUT2D eigenvalue weighted by Crippen LogP contribution is 2.25. The van der Waals surface area contributed by atoms with Gasteiger partial charge in [-0.05, 0) is 12.1 Å². The second-order valence-corrected chi connectivity index (χ2v) is 6.98. The third-order valence-electron chi connectivity index (χ3n) is 4.01. The number of nitrogens with zero attached hydrogens (tertiary/aromatic N) is 5. The van der Waals surface area contributed by atoms with Crippen LogP contribution in [0.25, 0.3) is 0 Å². The van der Waals surface area contributed by atoms with Crippen LogP contribution in [0.2, 0.25) is 10.0 Å². The molecule has 0 saturated carbocycles. The Bertz CT molecular complexity index is 996. The molecule has 0 aliphatic heterocycles. The first-order valence-corrected chi connectivity index (χ1v) is 9.03. The summed E-state index contributed by atoms with van der Waals surface area (Å²) in [6.45, 7) is 2.26. The molecule has 3 aromatic rings. The van der Waals surface area contributed by atoms with E-state index >= 15 is 0 Å². The van der Waals surface area contributed by atoms with Crippen molar-refractivity contribution in [3.63, 3.8) is 0 Å². The molecule has 0 radical (unpaired) electrons. The van der Waals surface area contributed by atoms with Gasteiger partial charge in [0.15, 0.2) is 5.82 Å². The van der Waals surface area contributed by atoms with E-state index in [0.717, 1.165) is 11.8 Å². The van der Waals surface area contributed by atoms with Crippen LogP contribution in [-0.4, -0.2) is 30.4 Å². The Morgan fingerprint density at radius 2 is 2.00 bits per heavy atom. The van der Waals surface area contributed by atoms with Gasteiger partial charge in [-0.1, -0.05) is 36.2 Å². The molecule has 1 N–H and O–H groups in total. The number of amides is 1. The fourth-order valence-corrected chi connectivity index (χ4v) is 3.04. The average molecular weight is 423 g/mol. The van der Waals surface area contributed by atoms with Gasteiger partial charge in [0.1, 0.15) is 12.4 Å². The second-order valence-electron chi connectivity index (χ2n) is 6.17. The van der Waals surface area contributed by atoms with E-state index in [-0.39, 0.29) is 18.1 Å². The van der Waals surface area contributed by atoms with E-state index in [1.807, 2.05) is 0 Å². The summed E-state index contributed by atoms with van der Waals surface area (Å²) in [5, 5.41) is 22.7. The van der Waals surface area contributed by atoms with Gasteiger partial charge >= 0.3 is 5.69 Å². The Labute approximate surface area is 170 Å². The highest BCUT2D eigenvalue weighted by atomic mass is 35.5. The molecule has 3 rings (SSSR count). The lowest BCUT2D eigenvalue weighted by molar-refractivity contribution is -0.385. The lowest BCUT2D eigenvalue weighted by atomic mass is 10.1. The zero-order valence-electron chi connectivity index (χ0n) is 14.7. The van der Waals surface area contributed by atoms with Crippen molar-refractivity contribution in [1.29, 1.82) is 0 Å². The highest BCUT2D eigenvalue weighted by Gasteiger charge is 2.17. The number of carbonyl (C=O) groups is 1. The number of carbonyl (C=O) groups excluding carboxylic acids is 1. The summed E-state index contributed by atoms with van der Waals surface area (Å²) in [5.41, 5.74) is 0.616. The van der Waals surface area contributed by atoms with E-state index in [2.05, 4.69) is 15.5 Å². The van der Waals surface area contributed by atoms with Gasteiger partial charge in [-0.15, -0.1) is 0 Å². The van der Waals surface area contributed by atoms with Crippen LogP contribution < -0.4 is 5.32 Å². The minimum absolute atomic E-state index is 0.121. The Kier molecular flexibility index (Phi) is 5.96. The summed E-state index contributed by atoms with van der Waals surface area (Å²) < 4.78 is 2.98. The van der Waals surface area contributed by atoms with E-state index < -0.39 is 10.8 Å². The van der Waals surface area contributed by atoms with Crippen molar-refractivity contribution in [3.8, 4) is 0 Å². The van der Waals surface area contributed by atoms with Crippen LogP contribution in [0, 0.1) is 16.0 Å². The van der Waals surface area contributed by atoms with E-state index in [1.165, 1.54) is 10.9 Å². The maximum atomic E-state index is 12.4. The summed E-state index contributed by atoms with van der Waals surface area (Å²) in [6.07, 6.45) is 4.13. The molecule has 0 spiro atoms. The molecule has 2 heterocycles. The van der Waals surface area contributed by atoms with Crippen molar-refractivity contribution >= 4 is 40.6 Å². The van der Waals surface area contributed by atoms with Crippen LogP contribution >= 0.6 is 23.2 Å². The van der Waals surface area contributed by atoms with Gasteiger partial charge in [0, 0.05) is 27.9 Å². The summed E-state index contributed by atoms with van der Waals surface area (Å²) in [6, 6.07) is 6.92. The minimum Gasteiger partial charge on any atom is -0.309 e. The van der Waals surface area contributed by atoms with E-state index in [0.29, 0.717) is 22.4 Å². The molecule has 28 heavy (non-hydrogen) atoms. The molecule has 11 heteroatoms. The van der Waals surface area contributed by atoms with Crippen LogP contribution in [0.15, 0.2) is 42.9 Å². The second kappa shape index (κ2) is 8.41. The standard InChI is InChI=1S/C17H16Cl2N6O3/c1-11(8-24-9-12(7-20-24)25(27)28)17(26)21-16-5-6-23(22-16)10-13-14(18)3-2-4-15(13)19/h2-7,9,11H,8,10H2,1H3,(H,21,22,26). The van der Waals surface area contributed by atoms with E-state index in [9.17, 15) is 14.9 Å². The number of anilines is 1. The number of benzene rings is 1. The third kappa shape index (κ3) is 4.68. The monoisotopic (exact) mass is 422 g/mol. The van der Waals surface area contributed by atoms with Crippen molar-refractivity contribution in [2.24, 2.45) is 5.92 Å². The molecular formula is C17H16Cl2N6O3. The molecule has 1 atom stereocenters. The van der Waals surface area contributed by atoms with Gasteiger partial charge in [-0.2, -0.15) is 10.2 Å².